The number of nitrogens with one attached hydrogen (secondary N) is 1. The zero-order chi connectivity index (χ0) is 9.94. The lowest BCUT2D eigenvalue weighted by Crippen LogP contribution is -2.23. The second kappa shape index (κ2) is 3.61. The third-order valence-corrected chi connectivity index (χ3v) is 1.71. The maximum absolute atomic E-state index is 10.8. The molecule has 0 atom stereocenters. The van der Waals surface area contributed by atoms with Crippen LogP contribution >= 0.6 is 0 Å². The van der Waals surface area contributed by atoms with Gasteiger partial charge in [-0.25, -0.2) is 4.79 Å². The van der Waals surface area contributed by atoms with Crippen molar-refractivity contribution in [1.82, 2.24) is 5.32 Å². The molecule has 0 bridgehead atoms. The van der Waals surface area contributed by atoms with Gasteiger partial charge >= 0.3 is 5.97 Å². The number of aliphatic carboxylic acids is 1. The van der Waals surface area contributed by atoms with Gasteiger partial charge in [-0.1, -0.05) is 20.8 Å². The Kier molecular flexibility index (Phi) is 3.31. The number of carboxylic acids is 1. The number of carbonyl (C=O) groups is 1. The monoisotopic (exact) mass is 171 g/mol. The summed E-state index contributed by atoms with van der Waals surface area (Å²) in [7, 11) is 1.73. The number of hydrogen-bond acceptors (Lipinski definition) is 2. The third kappa shape index (κ3) is 2.57. The number of hydrogen-bond donors (Lipinski definition) is 2. The standard InChI is InChI=1S/C9H17NO2/c1-6(10-5)7(8(11)12)9(2,3)4/h10H,1-5H3,(H,11,12)/b7-6+. The fourth-order valence-electron chi connectivity index (χ4n) is 1.17. The molecule has 3 nitrogen and oxygen atoms in total. The Balaban J connectivity index is 5.07. The molecule has 12 heavy (non-hydrogen) atoms. The Morgan fingerprint density at radius 2 is 1.75 bits per heavy atom. The largest absolute Gasteiger partial charge is 0.478 e. The molecule has 3 heteroatoms. The fraction of sp³-hybridized carbons (Fsp3) is 0.667. The van der Waals surface area contributed by atoms with Crippen LogP contribution in [0.2, 0.25) is 0 Å². The predicted octanol–water partition coefficient (Wildman–Crippen LogP) is 1.61. The quantitative estimate of drug-likeness (QED) is 0.620. The van der Waals surface area contributed by atoms with Gasteiger partial charge < -0.3 is 10.4 Å². The Bertz CT molecular complexity index is 211. The highest BCUT2D eigenvalue weighted by atomic mass is 16.4. The van der Waals surface area contributed by atoms with E-state index >= 15 is 0 Å². The molecule has 0 aliphatic rings. The lowest BCUT2D eigenvalue weighted by atomic mass is 9.85. The van der Waals surface area contributed by atoms with Crippen LogP contribution in [0.3, 0.4) is 0 Å². The molecule has 0 spiro atoms. The summed E-state index contributed by atoms with van der Waals surface area (Å²) < 4.78 is 0. The van der Waals surface area contributed by atoms with Gasteiger partial charge in [0.1, 0.15) is 0 Å². The van der Waals surface area contributed by atoms with Crippen LogP contribution in [0.25, 0.3) is 0 Å². The van der Waals surface area contributed by atoms with Crippen LogP contribution in [-0.4, -0.2) is 18.1 Å². The molecule has 0 heterocycles. The molecule has 0 aromatic heterocycles. The van der Waals surface area contributed by atoms with Gasteiger partial charge in [-0.05, 0) is 12.3 Å². The summed E-state index contributed by atoms with van der Waals surface area (Å²) >= 11 is 0. The van der Waals surface area contributed by atoms with Gasteiger partial charge in [0.2, 0.25) is 0 Å². The normalized spacial score (nSPS) is 13.8. The van der Waals surface area contributed by atoms with Gasteiger partial charge in [-0.3, -0.25) is 0 Å². The minimum atomic E-state index is -0.852. The lowest BCUT2D eigenvalue weighted by Gasteiger charge is -2.21. The van der Waals surface area contributed by atoms with E-state index in [4.69, 9.17) is 5.11 Å². The van der Waals surface area contributed by atoms with Crippen molar-refractivity contribution in [2.45, 2.75) is 27.7 Å². The van der Waals surface area contributed by atoms with E-state index < -0.39 is 5.97 Å². The summed E-state index contributed by atoms with van der Waals surface area (Å²) in [6, 6.07) is 0. The van der Waals surface area contributed by atoms with Crippen LogP contribution in [0, 0.1) is 5.41 Å². The van der Waals surface area contributed by atoms with E-state index in [1.165, 1.54) is 0 Å². The summed E-state index contributed by atoms with van der Waals surface area (Å²) in [6.45, 7) is 7.43. The van der Waals surface area contributed by atoms with Crippen molar-refractivity contribution in [2.75, 3.05) is 7.05 Å². The first-order valence-corrected chi connectivity index (χ1v) is 3.93. The van der Waals surface area contributed by atoms with Crippen LogP contribution in [0.15, 0.2) is 11.3 Å². The minimum absolute atomic E-state index is 0.321. The molecule has 0 rings (SSSR count). The highest BCUT2D eigenvalue weighted by Gasteiger charge is 2.25. The van der Waals surface area contributed by atoms with Crippen molar-refractivity contribution in [3.8, 4) is 0 Å². The predicted molar refractivity (Wildman–Crippen MR) is 48.9 cm³/mol. The van der Waals surface area contributed by atoms with Gasteiger partial charge in [0.25, 0.3) is 0 Å². The molecule has 0 aromatic rings. The molecule has 0 aliphatic heterocycles. The van der Waals surface area contributed by atoms with E-state index in [-0.39, 0.29) is 5.41 Å². The van der Waals surface area contributed by atoms with E-state index in [0.717, 1.165) is 5.70 Å². The van der Waals surface area contributed by atoms with E-state index in [9.17, 15) is 4.79 Å². The Morgan fingerprint density at radius 1 is 1.33 bits per heavy atom. The number of allylic oxidation sites excluding steroid dienone is 1. The van der Waals surface area contributed by atoms with Crippen molar-refractivity contribution >= 4 is 5.97 Å². The van der Waals surface area contributed by atoms with Gasteiger partial charge in [0.05, 0.1) is 5.57 Å². The molecular formula is C9H17NO2. The molecule has 0 fully saturated rings. The first-order valence-electron chi connectivity index (χ1n) is 3.93. The molecule has 0 unspecified atom stereocenters. The third-order valence-electron chi connectivity index (χ3n) is 1.71. The van der Waals surface area contributed by atoms with Crippen molar-refractivity contribution in [1.29, 1.82) is 0 Å². The van der Waals surface area contributed by atoms with Gasteiger partial charge in [0.15, 0.2) is 0 Å². The van der Waals surface area contributed by atoms with Crippen molar-refractivity contribution in [2.24, 2.45) is 5.41 Å². The van der Waals surface area contributed by atoms with Crippen LogP contribution in [0.4, 0.5) is 0 Å². The molecule has 0 saturated carbocycles. The highest BCUT2D eigenvalue weighted by Crippen LogP contribution is 2.27. The Labute approximate surface area is 73.5 Å². The summed E-state index contributed by atoms with van der Waals surface area (Å²) in [6.07, 6.45) is 0. The van der Waals surface area contributed by atoms with Gasteiger partial charge in [-0.2, -0.15) is 0 Å². The first kappa shape index (κ1) is 11.0. The zero-order valence-electron chi connectivity index (χ0n) is 8.36. The summed E-state index contributed by atoms with van der Waals surface area (Å²) in [4.78, 5) is 10.8. The van der Waals surface area contributed by atoms with Crippen LogP contribution < -0.4 is 5.32 Å². The molecule has 0 aromatic carbocycles. The van der Waals surface area contributed by atoms with E-state index in [1.54, 1.807) is 14.0 Å². The first-order chi connectivity index (χ1) is 5.30. The highest BCUT2D eigenvalue weighted by molar-refractivity contribution is 5.88. The van der Waals surface area contributed by atoms with Crippen molar-refractivity contribution in [3.63, 3.8) is 0 Å². The smallest absolute Gasteiger partial charge is 0.333 e. The molecular weight excluding hydrogens is 154 g/mol. The maximum atomic E-state index is 10.8. The lowest BCUT2D eigenvalue weighted by molar-refractivity contribution is -0.133. The summed E-state index contributed by atoms with van der Waals surface area (Å²) in [5.41, 5.74) is 0.832. The number of carboxylic acid groups (broad SMARTS) is 1. The average Bonchev–Trinajstić information content (AvgIpc) is 1.83. The van der Waals surface area contributed by atoms with E-state index in [0.29, 0.717) is 5.57 Å². The summed E-state index contributed by atoms with van der Waals surface area (Å²) in [5.74, 6) is -0.852. The van der Waals surface area contributed by atoms with Gasteiger partial charge in [-0.15, -0.1) is 0 Å². The van der Waals surface area contributed by atoms with Crippen LogP contribution in [0.5, 0.6) is 0 Å². The Morgan fingerprint density at radius 3 is 1.83 bits per heavy atom. The molecule has 0 amide bonds. The van der Waals surface area contributed by atoms with Crippen molar-refractivity contribution < 1.29 is 9.90 Å². The number of rotatable bonds is 2. The Hall–Kier alpha value is -0.990. The van der Waals surface area contributed by atoms with Crippen LogP contribution in [0.1, 0.15) is 27.7 Å². The minimum Gasteiger partial charge on any atom is -0.478 e. The second-order valence-electron chi connectivity index (χ2n) is 3.81. The molecule has 2 N–H and O–H groups in total. The van der Waals surface area contributed by atoms with Crippen molar-refractivity contribution in [3.05, 3.63) is 11.3 Å². The van der Waals surface area contributed by atoms with Gasteiger partial charge in [0, 0.05) is 12.7 Å². The van der Waals surface area contributed by atoms with Crippen LogP contribution in [-0.2, 0) is 4.79 Å². The van der Waals surface area contributed by atoms with E-state index in [1.807, 2.05) is 20.8 Å². The maximum Gasteiger partial charge on any atom is 0.333 e. The molecule has 70 valence electrons. The molecule has 0 aliphatic carbocycles. The summed E-state index contributed by atoms with van der Waals surface area (Å²) in [5, 5.41) is 11.8. The topological polar surface area (TPSA) is 49.3 Å². The second-order valence-corrected chi connectivity index (χ2v) is 3.81. The molecule has 0 radical (unpaired) electrons. The molecule has 0 saturated heterocycles. The fourth-order valence-corrected chi connectivity index (χ4v) is 1.17. The average molecular weight is 171 g/mol. The van der Waals surface area contributed by atoms with E-state index in [2.05, 4.69) is 5.32 Å². The SMILES string of the molecule is CN/C(C)=C(\C(=O)O)C(C)(C)C. The zero-order valence-corrected chi connectivity index (χ0v) is 8.36.